The highest BCUT2D eigenvalue weighted by Crippen LogP contribution is 2.25. The number of para-hydroxylation sites is 1. The minimum Gasteiger partial charge on any atom is -0.459 e. The van der Waals surface area contributed by atoms with Crippen LogP contribution in [0, 0.1) is 0 Å². The molecule has 0 aliphatic carbocycles. The molecule has 1 atom stereocenters. The van der Waals surface area contributed by atoms with Crippen molar-refractivity contribution in [3.63, 3.8) is 0 Å². The first kappa shape index (κ1) is 11.6. The molecule has 0 saturated heterocycles. The fourth-order valence-electron chi connectivity index (χ4n) is 1.83. The molecule has 2 aromatic rings. The van der Waals surface area contributed by atoms with Crippen LogP contribution in [0.15, 0.2) is 34.7 Å². The lowest BCUT2D eigenvalue weighted by Gasteiger charge is -2.13. The molecule has 0 aliphatic heterocycles. The van der Waals surface area contributed by atoms with Crippen LogP contribution in [0.5, 0.6) is 0 Å². The van der Waals surface area contributed by atoms with E-state index in [1.165, 1.54) is 5.39 Å². The number of fused-ring (bicyclic) bond motifs is 1. The van der Waals surface area contributed by atoms with Crippen LogP contribution in [-0.2, 0) is 0 Å². The molecule has 0 amide bonds. The van der Waals surface area contributed by atoms with E-state index in [-0.39, 0.29) is 0 Å². The van der Waals surface area contributed by atoms with E-state index < -0.39 is 0 Å². The molecule has 0 aliphatic rings. The Labute approximate surface area is 100 Å². The third-order valence-electron chi connectivity index (χ3n) is 2.57. The van der Waals surface area contributed by atoms with Gasteiger partial charge in [-0.2, -0.15) is 11.8 Å². The van der Waals surface area contributed by atoms with Crippen molar-refractivity contribution in [1.29, 1.82) is 0 Å². The van der Waals surface area contributed by atoms with Crippen LogP contribution in [0.1, 0.15) is 18.7 Å². The van der Waals surface area contributed by atoms with Crippen molar-refractivity contribution in [1.82, 2.24) is 5.32 Å². The molecule has 86 valence electrons. The first-order chi connectivity index (χ1) is 7.85. The van der Waals surface area contributed by atoms with Gasteiger partial charge in [-0.25, -0.2) is 0 Å². The van der Waals surface area contributed by atoms with Crippen molar-refractivity contribution in [3.05, 3.63) is 36.1 Å². The molecule has 2 nitrogen and oxygen atoms in total. The van der Waals surface area contributed by atoms with Crippen LogP contribution in [0.3, 0.4) is 0 Å². The summed E-state index contributed by atoms with van der Waals surface area (Å²) < 4.78 is 5.86. The van der Waals surface area contributed by atoms with Crippen molar-refractivity contribution >= 4 is 22.7 Å². The van der Waals surface area contributed by atoms with Gasteiger partial charge in [-0.15, -0.1) is 0 Å². The Balaban J connectivity index is 2.29. The average Bonchev–Trinajstić information content (AvgIpc) is 2.72. The van der Waals surface area contributed by atoms with Gasteiger partial charge in [-0.3, -0.25) is 0 Å². The smallest absolute Gasteiger partial charge is 0.134 e. The predicted octanol–water partition coefficient (Wildman–Crippen LogP) is 3.45. The van der Waals surface area contributed by atoms with Gasteiger partial charge < -0.3 is 9.73 Å². The Kier molecular flexibility index (Phi) is 3.91. The van der Waals surface area contributed by atoms with Gasteiger partial charge in [0.2, 0.25) is 0 Å². The zero-order valence-electron chi connectivity index (χ0n) is 9.69. The number of hydrogen-bond donors (Lipinski definition) is 1. The van der Waals surface area contributed by atoms with E-state index in [0.717, 1.165) is 23.6 Å². The second kappa shape index (κ2) is 5.41. The Morgan fingerprint density at radius 3 is 2.88 bits per heavy atom. The number of nitrogens with one attached hydrogen (secondary N) is 1. The first-order valence-electron chi connectivity index (χ1n) is 5.56. The molecule has 0 spiro atoms. The number of rotatable bonds is 5. The van der Waals surface area contributed by atoms with Crippen LogP contribution in [0.4, 0.5) is 0 Å². The quantitative estimate of drug-likeness (QED) is 0.859. The molecule has 1 aromatic carbocycles. The Bertz CT molecular complexity index is 413. The minimum atomic E-state index is 0.312. The standard InChI is InChI=1S/C13H17NOS/c1-3-14-11(9-16-2)13-8-10-6-4-5-7-12(10)15-13/h4-8,11,14H,3,9H2,1-2H3. The van der Waals surface area contributed by atoms with Crippen molar-refractivity contribution in [3.8, 4) is 0 Å². The molecule has 0 fully saturated rings. The van der Waals surface area contributed by atoms with Gasteiger partial charge in [-0.1, -0.05) is 25.1 Å². The fourth-order valence-corrected chi connectivity index (χ4v) is 2.44. The SMILES string of the molecule is CCNC(CSC)c1cc2ccccc2o1. The summed E-state index contributed by atoms with van der Waals surface area (Å²) in [5.41, 5.74) is 0.974. The van der Waals surface area contributed by atoms with E-state index in [0.29, 0.717) is 6.04 Å². The second-order valence-corrected chi connectivity index (χ2v) is 4.66. The summed E-state index contributed by atoms with van der Waals surface area (Å²) >= 11 is 1.83. The lowest BCUT2D eigenvalue weighted by atomic mass is 10.2. The maximum atomic E-state index is 5.86. The number of thioether (sulfide) groups is 1. The highest BCUT2D eigenvalue weighted by Gasteiger charge is 2.14. The Hall–Kier alpha value is -0.930. The maximum absolute atomic E-state index is 5.86. The van der Waals surface area contributed by atoms with Crippen molar-refractivity contribution in [2.45, 2.75) is 13.0 Å². The van der Waals surface area contributed by atoms with Crippen LogP contribution < -0.4 is 5.32 Å². The molecule has 1 N–H and O–H groups in total. The van der Waals surface area contributed by atoms with Gasteiger partial charge in [-0.05, 0) is 24.9 Å². The molecular formula is C13H17NOS. The van der Waals surface area contributed by atoms with Gasteiger partial charge in [0.15, 0.2) is 0 Å². The summed E-state index contributed by atoms with van der Waals surface area (Å²) in [6.45, 7) is 3.08. The Morgan fingerprint density at radius 1 is 1.38 bits per heavy atom. The molecule has 0 saturated carbocycles. The summed E-state index contributed by atoms with van der Waals surface area (Å²) in [6.07, 6.45) is 2.12. The highest BCUT2D eigenvalue weighted by atomic mass is 32.2. The molecule has 1 unspecified atom stereocenters. The van der Waals surface area contributed by atoms with Gasteiger partial charge >= 0.3 is 0 Å². The second-order valence-electron chi connectivity index (χ2n) is 3.75. The van der Waals surface area contributed by atoms with Crippen LogP contribution in [0.2, 0.25) is 0 Å². The van der Waals surface area contributed by atoms with Gasteiger partial charge in [0, 0.05) is 11.1 Å². The first-order valence-corrected chi connectivity index (χ1v) is 6.95. The van der Waals surface area contributed by atoms with Crippen molar-refractivity contribution in [2.75, 3.05) is 18.6 Å². The lowest BCUT2D eigenvalue weighted by Crippen LogP contribution is -2.22. The molecule has 1 heterocycles. The molecule has 2 rings (SSSR count). The third-order valence-corrected chi connectivity index (χ3v) is 3.24. The van der Waals surface area contributed by atoms with E-state index in [2.05, 4.69) is 30.6 Å². The van der Waals surface area contributed by atoms with Crippen LogP contribution in [-0.4, -0.2) is 18.6 Å². The molecule has 0 radical (unpaired) electrons. The Morgan fingerprint density at radius 2 is 2.19 bits per heavy atom. The summed E-state index contributed by atoms with van der Waals surface area (Å²) in [6, 6.07) is 10.6. The molecule has 3 heteroatoms. The monoisotopic (exact) mass is 235 g/mol. The molecule has 1 aromatic heterocycles. The van der Waals surface area contributed by atoms with E-state index in [9.17, 15) is 0 Å². The molecule has 0 bridgehead atoms. The fraction of sp³-hybridized carbons (Fsp3) is 0.385. The number of hydrogen-bond acceptors (Lipinski definition) is 3. The lowest BCUT2D eigenvalue weighted by molar-refractivity contribution is 0.464. The maximum Gasteiger partial charge on any atom is 0.134 e. The van der Waals surface area contributed by atoms with Crippen molar-refractivity contribution in [2.24, 2.45) is 0 Å². The van der Waals surface area contributed by atoms with Gasteiger partial charge in [0.1, 0.15) is 11.3 Å². The normalized spacial score (nSPS) is 13.1. The van der Waals surface area contributed by atoms with E-state index >= 15 is 0 Å². The molecule has 16 heavy (non-hydrogen) atoms. The van der Waals surface area contributed by atoms with Crippen molar-refractivity contribution < 1.29 is 4.42 Å². The van der Waals surface area contributed by atoms with E-state index in [4.69, 9.17) is 4.42 Å². The minimum absolute atomic E-state index is 0.312. The number of benzene rings is 1. The van der Waals surface area contributed by atoms with Crippen LogP contribution in [0.25, 0.3) is 11.0 Å². The largest absolute Gasteiger partial charge is 0.459 e. The zero-order chi connectivity index (χ0) is 11.4. The zero-order valence-corrected chi connectivity index (χ0v) is 10.5. The number of furan rings is 1. The highest BCUT2D eigenvalue weighted by molar-refractivity contribution is 7.98. The topological polar surface area (TPSA) is 25.2 Å². The molecular weight excluding hydrogens is 218 g/mol. The van der Waals surface area contributed by atoms with Gasteiger partial charge in [0.25, 0.3) is 0 Å². The predicted molar refractivity (Wildman–Crippen MR) is 71.0 cm³/mol. The van der Waals surface area contributed by atoms with Gasteiger partial charge in [0.05, 0.1) is 6.04 Å². The third kappa shape index (κ3) is 2.42. The summed E-state index contributed by atoms with van der Waals surface area (Å²) in [5.74, 6) is 2.07. The van der Waals surface area contributed by atoms with E-state index in [1.807, 2.05) is 30.0 Å². The summed E-state index contributed by atoms with van der Waals surface area (Å²) in [7, 11) is 0. The van der Waals surface area contributed by atoms with E-state index in [1.54, 1.807) is 0 Å². The summed E-state index contributed by atoms with van der Waals surface area (Å²) in [5, 5.41) is 4.63. The van der Waals surface area contributed by atoms with Crippen LogP contribution >= 0.6 is 11.8 Å². The summed E-state index contributed by atoms with van der Waals surface area (Å²) in [4.78, 5) is 0. The average molecular weight is 235 g/mol.